The van der Waals surface area contributed by atoms with Crippen molar-refractivity contribution < 1.29 is 4.39 Å². The van der Waals surface area contributed by atoms with E-state index in [4.69, 9.17) is 0 Å². The van der Waals surface area contributed by atoms with E-state index in [2.05, 4.69) is 92.9 Å². The molecule has 0 spiro atoms. The third-order valence-corrected chi connectivity index (χ3v) is 6.82. The Bertz CT molecular complexity index is 989. The highest BCUT2D eigenvalue weighted by Gasteiger charge is 2.08. The fraction of sp³-hybridized carbons (Fsp3) is 0.500. The highest BCUT2D eigenvalue weighted by molar-refractivity contribution is 5.53. The average molecular weight is 565 g/mol. The Hall–Kier alpha value is -2.67. The Morgan fingerprint density at radius 2 is 1.61 bits per heavy atom. The maximum atomic E-state index is 12.7. The van der Waals surface area contributed by atoms with Crippen LogP contribution in [0.2, 0.25) is 0 Å². The highest BCUT2D eigenvalue weighted by atomic mass is 19.1. The van der Waals surface area contributed by atoms with Gasteiger partial charge < -0.3 is 0 Å². The van der Waals surface area contributed by atoms with Crippen LogP contribution in [-0.2, 0) is 0 Å². The van der Waals surface area contributed by atoms with Gasteiger partial charge in [0.2, 0.25) is 0 Å². The molecule has 0 N–H and O–H groups in total. The van der Waals surface area contributed by atoms with Gasteiger partial charge in [0.1, 0.15) is 0 Å². The third kappa shape index (κ3) is 22.7. The molecule has 0 nitrogen and oxygen atoms in total. The first-order chi connectivity index (χ1) is 19.4. The summed E-state index contributed by atoms with van der Waals surface area (Å²) < 4.78 is 12.7. The van der Waals surface area contributed by atoms with Gasteiger partial charge in [0.05, 0.1) is 6.33 Å². The minimum absolute atomic E-state index is 0.597. The minimum atomic E-state index is 0.597. The monoisotopic (exact) mass is 565 g/mol. The number of halogens is 1. The van der Waals surface area contributed by atoms with Crippen LogP contribution in [0.25, 0.3) is 0 Å². The zero-order valence-electron chi connectivity index (χ0n) is 29.3. The van der Waals surface area contributed by atoms with Crippen LogP contribution in [-0.4, -0.2) is 0 Å². The second-order valence-electron chi connectivity index (χ2n) is 10.9. The summed E-state index contributed by atoms with van der Waals surface area (Å²) >= 11 is 0. The van der Waals surface area contributed by atoms with Gasteiger partial charge in [-0.15, -0.1) is 0 Å². The lowest BCUT2D eigenvalue weighted by Gasteiger charge is -2.09. The molecule has 0 aromatic heterocycles. The summed E-state index contributed by atoms with van der Waals surface area (Å²) in [7, 11) is 0. The standard InChI is InChI=1S/C19H23F.C10H18.C9H18.C2H6/c1-14(2)6-8-17(10-11-20)19-12-16(5)7-9-18(13-19)15(3)4;1-4-7-8-9-10(5-2)6-3;1-6-8(4)9(5)7(2)3;1-2/h6-11,13H,3,12H2,1-2,4-5H3;5-6H,2,4,7-9H2,1,3H3;7H,6H2,1-5H3;1-2H3/b11-10+,17-8+;10-6+;;. The predicted molar refractivity (Wildman–Crippen MR) is 190 cm³/mol. The van der Waals surface area contributed by atoms with Crippen molar-refractivity contribution in [1.82, 2.24) is 0 Å². The largest absolute Gasteiger partial charge is 0.216 e. The number of unbranched alkanes of at least 4 members (excludes halogenated alkanes) is 2. The molecule has 0 saturated carbocycles. The molecule has 0 atom stereocenters. The first kappa shape index (κ1) is 42.8. The molecule has 1 aliphatic rings. The lowest BCUT2D eigenvalue weighted by molar-refractivity contribution is 0.719. The molecule has 0 aromatic rings. The molecule has 0 heterocycles. The van der Waals surface area contributed by atoms with Crippen molar-refractivity contribution in [2.75, 3.05) is 0 Å². The van der Waals surface area contributed by atoms with Crippen molar-refractivity contribution in [2.24, 2.45) is 5.92 Å². The van der Waals surface area contributed by atoms with Gasteiger partial charge >= 0.3 is 0 Å². The van der Waals surface area contributed by atoms with Crippen molar-refractivity contribution in [3.05, 3.63) is 118 Å². The number of allylic oxidation sites excluding steroid dienone is 17. The zero-order valence-corrected chi connectivity index (χ0v) is 29.3. The number of rotatable bonds is 11. The molecule has 1 rings (SSSR count). The molecule has 0 aliphatic heterocycles. The molecule has 0 amide bonds. The SMILES string of the molecule is C=C(C)C1=CC=C(C)CC(C(/C=C/F)=C/C=C(C)C)=C1.C=C/C(=C\C)CCCCC.CC.CCC(C)=C(C)C(C)C. The van der Waals surface area contributed by atoms with E-state index in [1.807, 2.05) is 52.8 Å². The van der Waals surface area contributed by atoms with Gasteiger partial charge in [-0.2, -0.15) is 0 Å². The van der Waals surface area contributed by atoms with E-state index >= 15 is 0 Å². The van der Waals surface area contributed by atoms with E-state index in [1.54, 1.807) is 11.1 Å². The summed E-state index contributed by atoms with van der Waals surface area (Å²) in [6.07, 6.45) is 23.6. The van der Waals surface area contributed by atoms with Gasteiger partial charge in [0.15, 0.2) is 0 Å². The number of hydrogen-bond donors (Lipinski definition) is 0. The first-order valence-corrected chi connectivity index (χ1v) is 15.7. The summed E-state index contributed by atoms with van der Waals surface area (Å²) in [6.45, 7) is 35.3. The molecule has 0 radical (unpaired) electrons. The van der Waals surface area contributed by atoms with Crippen LogP contribution in [0.4, 0.5) is 4.39 Å². The molecule has 41 heavy (non-hydrogen) atoms. The van der Waals surface area contributed by atoms with E-state index in [9.17, 15) is 4.39 Å². The molecule has 1 aliphatic carbocycles. The molecular weight excluding hydrogens is 499 g/mol. The molecule has 0 unspecified atom stereocenters. The van der Waals surface area contributed by atoms with Crippen LogP contribution in [0.15, 0.2) is 118 Å². The van der Waals surface area contributed by atoms with Crippen LogP contribution in [0.3, 0.4) is 0 Å². The lowest BCUT2D eigenvalue weighted by atomic mass is 9.96. The Morgan fingerprint density at radius 3 is 2.00 bits per heavy atom. The van der Waals surface area contributed by atoms with Crippen molar-refractivity contribution in [3.8, 4) is 0 Å². The van der Waals surface area contributed by atoms with Gasteiger partial charge in [0.25, 0.3) is 0 Å². The summed E-state index contributed by atoms with van der Waals surface area (Å²) in [5, 5.41) is 0. The Kier molecular flexibility index (Phi) is 28.7. The molecule has 0 saturated heterocycles. The second kappa shape index (κ2) is 27.5. The van der Waals surface area contributed by atoms with Crippen LogP contribution in [0.1, 0.15) is 129 Å². The van der Waals surface area contributed by atoms with Crippen LogP contribution in [0, 0.1) is 5.92 Å². The van der Waals surface area contributed by atoms with E-state index < -0.39 is 0 Å². The molecular formula is C40H65F. The van der Waals surface area contributed by atoms with Crippen LogP contribution < -0.4 is 0 Å². The second-order valence-corrected chi connectivity index (χ2v) is 10.9. The van der Waals surface area contributed by atoms with E-state index in [0.717, 1.165) is 34.6 Å². The molecule has 0 fully saturated rings. The molecule has 0 aromatic carbocycles. The van der Waals surface area contributed by atoms with Crippen LogP contribution in [0.5, 0.6) is 0 Å². The fourth-order valence-corrected chi connectivity index (χ4v) is 3.64. The Balaban J connectivity index is -0.000000577. The normalized spacial score (nSPS) is 14.0. The van der Waals surface area contributed by atoms with Crippen molar-refractivity contribution >= 4 is 0 Å². The van der Waals surface area contributed by atoms with E-state index in [0.29, 0.717) is 6.33 Å². The fourth-order valence-electron chi connectivity index (χ4n) is 3.64. The first-order valence-electron chi connectivity index (χ1n) is 15.7. The maximum absolute atomic E-state index is 12.7. The van der Waals surface area contributed by atoms with Crippen molar-refractivity contribution in [2.45, 2.75) is 129 Å². The Morgan fingerprint density at radius 1 is 1.00 bits per heavy atom. The zero-order chi connectivity index (χ0) is 32.4. The molecule has 232 valence electrons. The van der Waals surface area contributed by atoms with Gasteiger partial charge in [-0.3, -0.25) is 0 Å². The summed E-state index contributed by atoms with van der Waals surface area (Å²) in [5.74, 6) is 0.727. The third-order valence-electron chi connectivity index (χ3n) is 6.82. The summed E-state index contributed by atoms with van der Waals surface area (Å²) in [4.78, 5) is 0. The minimum Gasteiger partial charge on any atom is -0.216 e. The summed E-state index contributed by atoms with van der Waals surface area (Å²) in [6, 6.07) is 0. The van der Waals surface area contributed by atoms with Crippen molar-refractivity contribution in [3.63, 3.8) is 0 Å². The number of hydrogen-bond acceptors (Lipinski definition) is 0. The van der Waals surface area contributed by atoms with Gasteiger partial charge in [0, 0.05) is 0 Å². The lowest BCUT2D eigenvalue weighted by Crippen LogP contribution is -1.91. The quantitative estimate of drug-likeness (QED) is 0.133. The maximum Gasteiger partial charge on any atom is 0.0872 e. The highest BCUT2D eigenvalue weighted by Crippen LogP contribution is 2.27. The van der Waals surface area contributed by atoms with Crippen molar-refractivity contribution in [1.29, 1.82) is 0 Å². The average Bonchev–Trinajstić information content (AvgIpc) is 3.15. The predicted octanol–water partition coefficient (Wildman–Crippen LogP) is 14.3. The van der Waals surface area contributed by atoms with Crippen LogP contribution >= 0.6 is 0 Å². The smallest absolute Gasteiger partial charge is 0.0872 e. The summed E-state index contributed by atoms with van der Waals surface area (Å²) in [5.41, 5.74) is 11.0. The van der Waals surface area contributed by atoms with Gasteiger partial charge in [-0.1, -0.05) is 144 Å². The van der Waals surface area contributed by atoms with Gasteiger partial charge in [-0.25, -0.2) is 4.39 Å². The molecule has 1 heteroatoms. The topological polar surface area (TPSA) is 0 Å². The van der Waals surface area contributed by atoms with Gasteiger partial charge in [-0.05, 0) is 103 Å². The van der Waals surface area contributed by atoms with E-state index in [-0.39, 0.29) is 0 Å². The molecule has 0 bridgehead atoms. The Labute approximate surface area is 256 Å². The van der Waals surface area contributed by atoms with E-state index in [1.165, 1.54) is 54.9 Å².